The molecule has 2 N–H and O–H groups in total. The number of hydrogen-bond acceptors (Lipinski definition) is 4. The first-order valence-electron chi connectivity index (χ1n) is 8.53. The molecule has 0 aliphatic heterocycles. The van der Waals surface area contributed by atoms with Gasteiger partial charge >= 0.3 is 5.69 Å². The second kappa shape index (κ2) is 5.92. The van der Waals surface area contributed by atoms with Crippen molar-refractivity contribution < 1.29 is 0 Å². The largest absolute Gasteiger partial charge is 0.325 e. The minimum Gasteiger partial charge on any atom is -0.313 e. The summed E-state index contributed by atoms with van der Waals surface area (Å²) in [5.41, 5.74) is 2.66. The molecule has 0 saturated heterocycles. The Labute approximate surface area is 157 Å². The van der Waals surface area contributed by atoms with E-state index >= 15 is 0 Å². The van der Waals surface area contributed by atoms with Gasteiger partial charge in [-0.15, -0.1) is 0 Å². The van der Waals surface area contributed by atoms with Gasteiger partial charge in [0.25, 0.3) is 5.56 Å². The molecule has 8 heteroatoms. The number of nitrogens with one attached hydrogen (secondary N) is 2. The molecule has 5 rings (SSSR count). The molecule has 2 atom stereocenters. The number of H-pyrrole nitrogens is 2. The number of aromatic amines is 2. The van der Waals surface area contributed by atoms with Crippen LogP contribution in [0, 0.1) is 0 Å². The van der Waals surface area contributed by atoms with Crippen molar-refractivity contribution in [2.24, 2.45) is 0 Å². The van der Waals surface area contributed by atoms with E-state index in [1.165, 1.54) is 6.20 Å². The van der Waals surface area contributed by atoms with E-state index in [9.17, 15) is 9.59 Å². The van der Waals surface area contributed by atoms with Crippen LogP contribution < -0.4 is 11.2 Å². The van der Waals surface area contributed by atoms with Crippen LogP contribution in [0.3, 0.4) is 0 Å². The van der Waals surface area contributed by atoms with Gasteiger partial charge in [0.05, 0.1) is 11.3 Å². The molecule has 3 aromatic heterocycles. The summed E-state index contributed by atoms with van der Waals surface area (Å²) in [5, 5.41) is 5.23. The Balaban J connectivity index is 1.63. The van der Waals surface area contributed by atoms with Crippen LogP contribution in [0.25, 0.3) is 16.9 Å². The molecule has 27 heavy (non-hydrogen) atoms. The number of imidazole rings is 1. The van der Waals surface area contributed by atoms with Crippen molar-refractivity contribution in [3.8, 4) is 11.3 Å². The summed E-state index contributed by atoms with van der Waals surface area (Å²) in [6, 6.07) is 9.73. The summed E-state index contributed by atoms with van der Waals surface area (Å²) in [4.78, 5) is 32.6. The van der Waals surface area contributed by atoms with Crippen LogP contribution in [0.2, 0.25) is 5.02 Å². The highest BCUT2D eigenvalue weighted by atomic mass is 35.5. The first kappa shape index (κ1) is 16.0. The highest BCUT2D eigenvalue weighted by Crippen LogP contribution is 2.56. The fraction of sp³-hybridized carbons (Fsp3) is 0.158. The molecule has 0 unspecified atom stereocenters. The molecule has 1 fully saturated rings. The van der Waals surface area contributed by atoms with Crippen molar-refractivity contribution in [3.63, 3.8) is 0 Å². The van der Waals surface area contributed by atoms with Gasteiger partial charge in [-0.1, -0.05) is 29.8 Å². The van der Waals surface area contributed by atoms with Gasteiger partial charge in [-0.25, -0.2) is 14.3 Å². The highest BCUT2D eigenvalue weighted by molar-refractivity contribution is 6.31. The van der Waals surface area contributed by atoms with E-state index < -0.39 is 11.2 Å². The van der Waals surface area contributed by atoms with E-state index in [-0.39, 0.29) is 5.92 Å². The van der Waals surface area contributed by atoms with Crippen LogP contribution in [0.4, 0.5) is 0 Å². The summed E-state index contributed by atoms with van der Waals surface area (Å²) in [6.07, 6.45) is 5.76. The van der Waals surface area contributed by atoms with Crippen molar-refractivity contribution in [1.29, 1.82) is 0 Å². The van der Waals surface area contributed by atoms with E-state index in [1.54, 1.807) is 16.9 Å². The second-order valence-corrected chi connectivity index (χ2v) is 7.04. The predicted molar refractivity (Wildman–Crippen MR) is 101 cm³/mol. The predicted octanol–water partition coefficient (Wildman–Crippen LogP) is 2.70. The second-order valence-electron chi connectivity index (χ2n) is 6.64. The summed E-state index contributed by atoms with van der Waals surface area (Å²) < 4.78 is 1.66. The van der Waals surface area contributed by atoms with E-state index in [0.717, 1.165) is 28.2 Å². The Morgan fingerprint density at radius 1 is 1.15 bits per heavy atom. The maximum absolute atomic E-state index is 12.2. The molecule has 0 spiro atoms. The van der Waals surface area contributed by atoms with E-state index in [4.69, 9.17) is 11.6 Å². The maximum Gasteiger partial charge on any atom is 0.325 e. The molecule has 3 heterocycles. The fourth-order valence-corrected chi connectivity index (χ4v) is 3.88. The number of hydrogen-bond donors (Lipinski definition) is 2. The minimum absolute atomic E-state index is 0.249. The molecule has 0 radical (unpaired) electrons. The zero-order chi connectivity index (χ0) is 18.5. The number of rotatable bonds is 3. The molecule has 134 valence electrons. The lowest BCUT2D eigenvalue weighted by Crippen LogP contribution is -2.23. The molecule has 0 bridgehead atoms. The monoisotopic (exact) mass is 379 g/mol. The van der Waals surface area contributed by atoms with E-state index in [1.807, 2.05) is 30.3 Å². The third-order valence-corrected chi connectivity index (χ3v) is 5.32. The van der Waals surface area contributed by atoms with Gasteiger partial charge in [0.1, 0.15) is 0 Å². The molecule has 1 aliphatic carbocycles. The van der Waals surface area contributed by atoms with Crippen LogP contribution in [-0.4, -0.2) is 24.6 Å². The van der Waals surface area contributed by atoms with Gasteiger partial charge in [-0.05, 0) is 36.0 Å². The summed E-state index contributed by atoms with van der Waals surface area (Å²) in [6.45, 7) is 0. The number of fused-ring (bicyclic) bond motifs is 1. The first-order valence-corrected chi connectivity index (χ1v) is 8.90. The van der Waals surface area contributed by atoms with Crippen LogP contribution in [0.1, 0.15) is 29.4 Å². The molecule has 0 amide bonds. The van der Waals surface area contributed by atoms with Gasteiger partial charge in [0.15, 0.2) is 5.65 Å². The number of nitrogens with zero attached hydrogens (tertiary/aromatic N) is 3. The fourth-order valence-electron chi connectivity index (χ4n) is 3.60. The van der Waals surface area contributed by atoms with Gasteiger partial charge < -0.3 is 4.98 Å². The van der Waals surface area contributed by atoms with Crippen molar-refractivity contribution in [2.45, 2.75) is 18.3 Å². The SMILES string of the molecule is O=c1[nH]cc(-c2cc([C@H]3C[C@@H]3c3ccccc3Cl)c3nccn3n2)c(=O)[nH]1. The van der Waals surface area contributed by atoms with Gasteiger partial charge in [-0.3, -0.25) is 9.78 Å². The molecule has 4 aromatic rings. The Bertz CT molecular complexity index is 1290. The zero-order valence-corrected chi connectivity index (χ0v) is 14.8. The zero-order valence-electron chi connectivity index (χ0n) is 14.0. The van der Waals surface area contributed by atoms with Crippen molar-refractivity contribution in [2.75, 3.05) is 0 Å². The smallest absolute Gasteiger partial charge is 0.313 e. The van der Waals surface area contributed by atoms with Gasteiger partial charge in [-0.2, -0.15) is 5.10 Å². The van der Waals surface area contributed by atoms with Crippen LogP contribution >= 0.6 is 11.6 Å². The standard InChI is InChI=1S/C19H14ClN5O2/c20-15-4-2-1-3-10(15)11-7-12(11)13-8-16(24-25-6-5-21-17(13)25)14-9-22-19(27)23-18(14)26/h1-6,8-9,11-12H,7H2,(H2,22,23,26,27)/t11-,12+/m1/s1. The summed E-state index contributed by atoms with van der Waals surface area (Å²) in [7, 11) is 0. The molecular formula is C19H14ClN5O2. The van der Waals surface area contributed by atoms with Crippen molar-refractivity contribution in [1.82, 2.24) is 24.6 Å². The minimum atomic E-state index is -0.548. The van der Waals surface area contributed by atoms with Gasteiger partial charge in [0.2, 0.25) is 0 Å². The average Bonchev–Trinajstić information content (AvgIpc) is 3.29. The van der Waals surface area contributed by atoms with E-state index in [0.29, 0.717) is 17.2 Å². The Hall–Kier alpha value is -3.19. The lowest BCUT2D eigenvalue weighted by atomic mass is 10.0. The summed E-state index contributed by atoms with van der Waals surface area (Å²) >= 11 is 6.36. The van der Waals surface area contributed by atoms with Crippen molar-refractivity contribution >= 4 is 17.2 Å². The van der Waals surface area contributed by atoms with Gasteiger partial charge in [0, 0.05) is 29.2 Å². The lowest BCUT2D eigenvalue weighted by molar-refractivity contribution is 0.906. The summed E-state index contributed by atoms with van der Waals surface area (Å²) in [5.74, 6) is 0.557. The number of aromatic nitrogens is 5. The van der Waals surface area contributed by atoms with E-state index in [2.05, 4.69) is 20.1 Å². The number of halogens is 1. The quantitative estimate of drug-likeness (QED) is 0.572. The number of benzene rings is 1. The topological polar surface area (TPSA) is 95.9 Å². The average molecular weight is 380 g/mol. The molecule has 1 aromatic carbocycles. The lowest BCUT2D eigenvalue weighted by Gasteiger charge is -2.08. The molecular weight excluding hydrogens is 366 g/mol. The molecule has 7 nitrogen and oxygen atoms in total. The third-order valence-electron chi connectivity index (χ3n) is 4.98. The third kappa shape index (κ3) is 2.67. The van der Waals surface area contributed by atoms with Crippen LogP contribution in [-0.2, 0) is 0 Å². The Morgan fingerprint density at radius 3 is 2.78 bits per heavy atom. The van der Waals surface area contributed by atoms with Crippen LogP contribution in [0.15, 0.2) is 58.5 Å². The Morgan fingerprint density at radius 2 is 1.96 bits per heavy atom. The normalized spacial score (nSPS) is 18.7. The maximum atomic E-state index is 12.2. The first-order chi connectivity index (χ1) is 13.1. The highest BCUT2D eigenvalue weighted by Gasteiger charge is 2.42. The molecule has 1 aliphatic rings. The van der Waals surface area contributed by atoms with Crippen LogP contribution in [0.5, 0.6) is 0 Å². The Kier molecular flexibility index (Phi) is 3.51. The molecule has 1 saturated carbocycles. The van der Waals surface area contributed by atoms with Crippen molar-refractivity contribution in [3.05, 3.63) is 85.9 Å².